The molecule has 3 aromatic rings. The lowest BCUT2D eigenvalue weighted by molar-refractivity contribution is -0.123. The van der Waals surface area contributed by atoms with Crippen LogP contribution in [0.5, 0.6) is 0 Å². The van der Waals surface area contributed by atoms with Crippen molar-refractivity contribution < 1.29 is 18.4 Å². The third-order valence-electron chi connectivity index (χ3n) is 6.22. The normalized spacial score (nSPS) is 19.1. The number of hydrogen-bond donors (Lipinski definition) is 1. The number of nitrogens with one attached hydrogen (secondary N) is 1. The van der Waals surface area contributed by atoms with Gasteiger partial charge in [0.2, 0.25) is 0 Å². The lowest BCUT2D eigenvalue weighted by Crippen LogP contribution is -2.53. The molecule has 1 atom stereocenters. The van der Waals surface area contributed by atoms with E-state index < -0.39 is 16.5 Å². The van der Waals surface area contributed by atoms with E-state index in [9.17, 15) is 18.4 Å². The number of fused-ring (bicyclic) bond motifs is 2. The molecule has 3 aromatic carbocycles. The highest BCUT2D eigenvalue weighted by Gasteiger charge is 2.59. The van der Waals surface area contributed by atoms with Gasteiger partial charge in [-0.2, -0.15) is 0 Å². The molecule has 1 N–H and O–H groups in total. The Morgan fingerprint density at radius 2 is 1.88 bits per heavy atom. The van der Waals surface area contributed by atoms with Gasteiger partial charge in [0, 0.05) is 36.0 Å². The Kier molecular flexibility index (Phi) is 5.77. The average molecular weight is 480 g/mol. The first-order chi connectivity index (χ1) is 16.4. The third kappa shape index (κ3) is 3.72. The molecule has 0 bridgehead atoms. The fourth-order valence-electron chi connectivity index (χ4n) is 4.58. The summed E-state index contributed by atoms with van der Waals surface area (Å²) >= 11 is 1.41. The molecule has 2 aliphatic rings. The van der Waals surface area contributed by atoms with Crippen molar-refractivity contribution in [2.75, 3.05) is 17.2 Å². The lowest BCUT2D eigenvalue weighted by atomic mass is 10.0. The Morgan fingerprint density at radius 3 is 2.65 bits per heavy atom. The molecule has 174 valence electrons. The molecule has 0 saturated carbocycles. The molecular weight excluding hydrogens is 456 g/mol. The number of carbonyl (C=O) groups excluding carboxylic acids is 2. The van der Waals surface area contributed by atoms with Crippen LogP contribution in [0.4, 0.5) is 19.3 Å². The first-order valence-electron chi connectivity index (χ1n) is 11.0. The molecule has 5 nitrogen and oxygen atoms in total. The highest BCUT2D eigenvalue weighted by Crippen LogP contribution is 2.54. The minimum absolute atomic E-state index is 0.0528. The van der Waals surface area contributed by atoms with Crippen molar-refractivity contribution in [3.63, 3.8) is 0 Å². The summed E-state index contributed by atoms with van der Waals surface area (Å²) in [5.41, 5.74) is 3.48. The summed E-state index contributed by atoms with van der Waals surface area (Å²) in [7, 11) is 0. The molecule has 1 fully saturated rings. The standard InChI is InChI=1S/C26H23F2N3O2S/c1-17-7-10-23-21(13-17)26(24(32)30(23)16-19-8-9-20(27)14-22(19)28)31(11-12-34-26)25(33)29-15-18-5-3-2-4-6-18/h2-10,13-14H,11-12,15-16H2,1H3,(H,29,33)/t26-/m0/s1. The van der Waals surface area contributed by atoms with Gasteiger partial charge in [-0.1, -0.05) is 54.1 Å². The van der Waals surface area contributed by atoms with Crippen molar-refractivity contribution in [1.29, 1.82) is 0 Å². The Balaban J connectivity index is 1.49. The number of rotatable bonds is 4. The zero-order valence-corrected chi connectivity index (χ0v) is 19.4. The number of thioether (sulfide) groups is 1. The second-order valence-electron chi connectivity index (χ2n) is 8.44. The average Bonchev–Trinajstić information content (AvgIpc) is 3.37. The predicted octanol–water partition coefficient (Wildman–Crippen LogP) is 4.93. The van der Waals surface area contributed by atoms with E-state index in [4.69, 9.17) is 0 Å². The van der Waals surface area contributed by atoms with E-state index in [1.807, 2.05) is 55.5 Å². The molecule has 2 heterocycles. The van der Waals surface area contributed by atoms with Gasteiger partial charge in [0.05, 0.1) is 12.2 Å². The van der Waals surface area contributed by atoms with Gasteiger partial charge in [0.25, 0.3) is 5.91 Å². The highest BCUT2D eigenvalue weighted by molar-refractivity contribution is 8.01. The second-order valence-corrected chi connectivity index (χ2v) is 9.72. The maximum Gasteiger partial charge on any atom is 0.319 e. The van der Waals surface area contributed by atoms with E-state index in [0.717, 1.165) is 22.8 Å². The van der Waals surface area contributed by atoms with Crippen LogP contribution in [0.3, 0.4) is 0 Å². The van der Waals surface area contributed by atoms with Crippen molar-refractivity contribution in [3.05, 3.63) is 101 Å². The smallest absolute Gasteiger partial charge is 0.319 e. The number of urea groups is 1. The van der Waals surface area contributed by atoms with Crippen LogP contribution in [0.2, 0.25) is 0 Å². The van der Waals surface area contributed by atoms with Crippen LogP contribution in [0.15, 0.2) is 66.7 Å². The van der Waals surface area contributed by atoms with Crippen LogP contribution >= 0.6 is 11.8 Å². The van der Waals surface area contributed by atoms with Gasteiger partial charge in [-0.25, -0.2) is 13.6 Å². The number of amides is 3. The minimum Gasteiger partial charge on any atom is -0.334 e. The van der Waals surface area contributed by atoms with Gasteiger partial charge in [-0.15, -0.1) is 11.8 Å². The fourth-order valence-corrected chi connectivity index (χ4v) is 6.03. The molecule has 1 saturated heterocycles. The number of aryl methyl sites for hydroxylation is 1. The molecular formula is C26H23F2N3O2S. The van der Waals surface area contributed by atoms with E-state index in [2.05, 4.69) is 5.32 Å². The monoisotopic (exact) mass is 479 g/mol. The van der Waals surface area contributed by atoms with Crippen LogP contribution in [-0.4, -0.2) is 29.1 Å². The highest BCUT2D eigenvalue weighted by atomic mass is 32.2. The van der Waals surface area contributed by atoms with Crippen LogP contribution in [0.1, 0.15) is 22.3 Å². The lowest BCUT2D eigenvalue weighted by Gasteiger charge is -2.33. The first-order valence-corrected chi connectivity index (χ1v) is 12.0. The molecule has 8 heteroatoms. The van der Waals surface area contributed by atoms with E-state index >= 15 is 0 Å². The van der Waals surface area contributed by atoms with Crippen LogP contribution in [-0.2, 0) is 22.8 Å². The van der Waals surface area contributed by atoms with Crippen LogP contribution in [0.25, 0.3) is 0 Å². The van der Waals surface area contributed by atoms with Gasteiger partial charge < -0.3 is 10.2 Å². The van der Waals surface area contributed by atoms with Gasteiger partial charge in [0.15, 0.2) is 4.87 Å². The first kappa shape index (κ1) is 22.4. The molecule has 0 aromatic heterocycles. The van der Waals surface area contributed by atoms with Crippen molar-refractivity contribution >= 4 is 29.4 Å². The minimum atomic E-state index is -1.22. The summed E-state index contributed by atoms with van der Waals surface area (Å²) in [6.07, 6.45) is 0. The van der Waals surface area contributed by atoms with Gasteiger partial charge in [-0.3, -0.25) is 9.69 Å². The zero-order chi connectivity index (χ0) is 23.9. The van der Waals surface area contributed by atoms with Crippen LogP contribution in [0, 0.1) is 18.6 Å². The van der Waals surface area contributed by atoms with E-state index in [0.29, 0.717) is 24.5 Å². The summed E-state index contributed by atoms with van der Waals surface area (Å²) in [6, 6.07) is 18.2. The quantitative estimate of drug-likeness (QED) is 0.577. The predicted molar refractivity (Wildman–Crippen MR) is 128 cm³/mol. The van der Waals surface area contributed by atoms with Crippen LogP contribution < -0.4 is 10.2 Å². The molecule has 3 amide bonds. The topological polar surface area (TPSA) is 52.7 Å². The summed E-state index contributed by atoms with van der Waals surface area (Å²) in [5, 5.41) is 2.94. The number of nitrogens with zero attached hydrogens (tertiary/aromatic N) is 2. The summed E-state index contributed by atoms with van der Waals surface area (Å²) in [6.45, 7) is 2.63. The molecule has 0 unspecified atom stereocenters. The Labute approximate surface area is 200 Å². The zero-order valence-electron chi connectivity index (χ0n) is 18.6. The number of halogens is 2. The maximum absolute atomic E-state index is 14.4. The van der Waals surface area contributed by atoms with Gasteiger partial charge in [-0.05, 0) is 24.6 Å². The molecule has 34 heavy (non-hydrogen) atoms. The van der Waals surface area contributed by atoms with Crippen molar-refractivity contribution in [3.8, 4) is 0 Å². The summed E-state index contributed by atoms with van der Waals surface area (Å²) in [4.78, 5) is 29.1. The molecule has 2 aliphatic heterocycles. The van der Waals surface area contributed by atoms with Crippen molar-refractivity contribution in [2.24, 2.45) is 0 Å². The van der Waals surface area contributed by atoms with Crippen molar-refractivity contribution in [1.82, 2.24) is 10.2 Å². The molecule has 1 spiro atoms. The number of carbonyl (C=O) groups is 2. The van der Waals surface area contributed by atoms with E-state index in [-0.39, 0.29) is 24.0 Å². The third-order valence-corrected chi connectivity index (χ3v) is 7.64. The SMILES string of the molecule is Cc1ccc2c(c1)[C@]1(SCCN1C(=O)NCc1ccccc1)C(=O)N2Cc1ccc(F)cc1F. The summed E-state index contributed by atoms with van der Waals surface area (Å²) < 4.78 is 27.9. The van der Waals surface area contributed by atoms with E-state index in [1.165, 1.54) is 28.8 Å². The Hall–Kier alpha value is -3.39. The molecule has 0 aliphatic carbocycles. The van der Waals surface area contributed by atoms with Gasteiger partial charge >= 0.3 is 6.03 Å². The Morgan fingerprint density at radius 1 is 1.09 bits per heavy atom. The number of benzene rings is 3. The number of hydrogen-bond acceptors (Lipinski definition) is 3. The second kappa shape index (κ2) is 8.76. The number of anilines is 1. The van der Waals surface area contributed by atoms with E-state index in [1.54, 1.807) is 4.90 Å². The fraction of sp³-hybridized carbons (Fsp3) is 0.231. The van der Waals surface area contributed by atoms with Gasteiger partial charge in [0.1, 0.15) is 11.6 Å². The molecule has 5 rings (SSSR count). The maximum atomic E-state index is 14.4. The molecule has 0 radical (unpaired) electrons. The van der Waals surface area contributed by atoms with Crippen molar-refractivity contribution in [2.45, 2.75) is 24.9 Å². The largest absolute Gasteiger partial charge is 0.334 e. The Bertz CT molecular complexity index is 1270. The summed E-state index contributed by atoms with van der Waals surface area (Å²) in [5.74, 6) is -1.08.